The van der Waals surface area contributed by atoms with E-state index in [0.717, 1.165) is 18.4 Å². The van der Waals surface area contributed by atoms with Gasteiger partial charge in [-0.15, -0.1) is 0 Å². The molecule has 27 heavy (non-hydrogen) atoms. The summed E-state index contributed by atoms with van der Waals surface area (Å²) in [6.45, 7) is 2.21. The number of nitrogens with two attached hydrogens (primary N) is 1. The molecular weight excluding hydrogens is 376 g/mol. The van der Waals surface area contributed by atoms with Crippen LogP contribution in [-0.2, 0) is 16.3 Å². The van der Waals surface area contributed by atoms with Crippen LogP contribution in [-0.4, -0.2) is 34.1 Å². The zero-order chi connectivity index (χ0) is 20.2. The Bertz CT molecular complexity index is 893. The molecule has 0 fully saturated rings. The number of hydrogen-bond acceptors (Lipinski definition) is 5. The fraction of sp³-hybridized carbons (Fsp3) is 0.368. The van der Waals surface area contributed by atoms with Crippen LogP contribution in [0.4, 0.5) is 14.5 Å². The predicted molar refractivity (Wildman–Crippen MR) is 101 cm³/mol. The van der Waals surface area contributed by atoms with Gasteiger partial charge in [0, 0.05) is 29.5 Å². The highest BCUT2D eigenvalue weighted by atomic mass is 32.2. The number of methoxy groups -OCH3 is 1. The Labute approximate surface area is 158 Å². The van der Waals surface area contributed by atoms with Gasteiger partial charge in [0.05, 0.1) is 19.5 Å². The van der Waals surface area contributed by atoms with Gasteiger partial charge < -0.3 is 15.2 Å². The summed E-state index contributed by atoms with van der Waals surface area (Å²) in [5.74, 6) is -1.43. The second-order valence-corrected chi connectivity index (χ2v) is 8.48. The molecule has 0 amide bonds. The van der Waals surface area contributed by atoms with E-state index in [-0.39, 0.29) is 23.4 Å². The van der Waals surface area contributed by atoms with Crippen molar-refractivity contribution in [1.29, 1.82) is 0 Å². The minimum Gasteiger partial charge on any atom is -0.493 e. The first-order valence-electron chi connectivity index (χ1n) is 8.36. The Morgan fingerprint density at radius 3 is 2.41 bits per heavy atom. The molecule has 0 spiro atoms. The molecule has 2 N–H and O–H groups in total. The van der Waals surface area contributed by atoms with Crippen molar-refractivity contribution < 1.29 is 26.7 Å². The van der Waals surface area contributed by atoms with Gasteiger partial charge in [-0.2, -0.15) is 0 Å². The monoisotopic (exact) mass is 399 g/mol. The lowest BCUT2D eigenvalue weighted by Crippen LogP contribution is -2.17. The van der Waals surface area contributed by atoms with Crippen LogP contribution < -0.4 is 15.2 Å². The van der Waals surface area contributed by atoms with Gasteiger partial charge in [0.1, 0.15) is 21.5 Å². The number of ether oxygens (including phenoxy) is 2. The average Bonchev–Trinajstić information content (AvgIpc) is 2.56. The van der Waals surface area contributed by atoms with Gasteiger partial charge in [-0.25, -0.2) is 17.2 Å². The molecule has 148 valence electrons. The maximum Gasteiger partial charge on any atom is 0.161 e. The lowest BCUT2D eigenvalue weighted by Gasteiger charge is -2.20. The van der Waals surface area contributed by atoms with Crippen LogP contribution in [0.25, 0.3) is 0 Å². The van der Waals surface area contributed by atoms with E-state index in [2.05, 4.69) is 0 Å². The summed E-state index contributed by atoms with van der Waals surface area (Å²) in [6, 6.07) is 6.81. The van der Waals surface area contributed by atoms with Gasteiger partial charge in [-0.3, -0.25) is 0 Å². The molecule has 0 radical (unpaired) electrons. The Hall–Kier alpha value is -2.35. The van der Waals surface area contributed by atoms with Crippen LogP contribution in [0.5, 0.6) is 11.5 Å². The Morgan fingerprint density at radius 2 is 1.85 bits per heavy atom. The third kappa shape index (κ3) is 5.56. The molecule has 0 aliphatic heterocycles. The third-order valence-corrected chi connectivity index (χ3v) is 5.12. The summed E-state index contributed by atoms with van der Waals surface area (Å²) in [5, 5.41) is 0. The zero-order valence-electron chi connectivity index (χ0n) is 15.5. The number of sulfone groups is 1. The number of anilines is 1. The van der Waals surface area contributed by atoms with E-state index >= 15 is 0 Å². The second kappa shape index (κ2) is 8.56. The largest absolute Gasteiger partial charge is 0.493 e. The summed E-state index contributed by atoms with van der Waals surface area (Å²) >= 11 is 0. The first-order chi connectivity index (χ1) is 12.6. The minimum atomic E-state index is -3.38. The van der Waals surface area contributed by atoms with Crippen molar-refractivity contribution in [3.8, 4) is 11.5 Å². The van der Waals surface area contributed by atoms with E-state index in [1.165, 1.54) is 7.11 Å². The molecule has 0 heterocycles. The van der Waals surface area contributed by atoms with E-state index in [4.69, 9.17) is 15.2 Å². The number of halogens is 2. The lowest BCUT2D eigenvalue weighted by molar-refractivity contribution is 0.310. The lowest BCUT2D eigenvalue weighted by atomic mass is 9.92. The van der Waals surface area contributed by atoms with Crippen molar-refractivity contribution in [2.75, 3.05) is 31.5 Å². The van der Waals surface area contributed by atoms with Crippen LogP contribution in [0.15, 0.2) is 30.3 Å². The van der Waals surface area contributed by atoms with Crippen LogP contribution in [0, 0.1) is 11.6 Å². The summed E-state index contributed by atoms with van der Waals surface area (Å²) < 4.78 is 62.2. The van der Waals surface area contributed by atoms with E-state index in [9.17, 15) is 17.2 Å². The van der Waals surface area contributed by atoms with Crippen molar-refractivity contribution in [1.82, 2.24) is 0 Å². The first kappa shape index (κ1) is 21.0. The number of hydrogen-bond donors (Lipinski definition) is 1. The Morgan fingerprint density at radius 1 is 1.15 bits per heavy atom. The Balaban J connectivity index is 2.48. The molecule has 8 heteroatoms. The quantitative estimate of drug-likeness (QED) is 0.689. The van der Waals surface area contributed by atoms with Crippen LogP contribution in [0.3, 0.4) is 0 Å². The predicted octanol–water partition coefficient (Wildman–Crippen LogP) is 3.33. The van der Waals surface area contributed by atoms with Crippen LogP contribution in [0.2, 0.25) is 0 Å². The summed E-state index contributed by atoms with van der Waals surface area (Å²) in [4.78, 5) is 0. The van der Waals surface area contributed by atoms with E-state index < -0.39 is 27.4 Å². The van der Waals surface area contributed by atoms with Crippen molar-refractivity contribution in [2.45, 2.75) is 19.3 Å². The van der Waals surface area contributed by atoms with E-state index in [0.29, 0.717) is 23.7 Å². The zero-order valence-corrected chi connectivity index (χ0v) is 16.3. The van der Waals surface area contributed by atoms with Gasteiger partial charge >= 0.3 is 0 Å². The first-order valence-corrected chi connectivity index (χ1v) is 10.4. The summed E-state index contributed by atoms with van der Waals surface area (Å²) in [6.07, 6.45) is 1.11. The molecule has 0 saturated carbocycles. The maximum atomic E-state index is 14.2. The van der Waals surface area contributed by atoms with Crippen LogP contribution >= 0.6 is 0 Å². The molecule has 0 aliphatic rings. The van der Waals surface area contributed by atoms with Crippen molar-refractivity contribution in [2.24, 2.45) is 0 Å². The molecule has 2 rings (SSSR count). The van der Waals surface area contributed by atoms with E-state index in [1.54, 1.807) is 18.2 Å². The molecule has 1 atom stereocenters. The fourth-order valence-corrected chi connectivity index (χ4v) is 3.98. The topological polar surface area (TPSA) is 78.6 Å². The second-order valence-electron chi connectivity index (χ2n) is 6.29. The highest BCUT2D eigenvalue weighted by Crippen LogP contribution is 2.34. The third-order valence-electron chi connectivity index (χ3n) is 4.11. The number of rotatable bonds is 8. The summed E-state index contributed by atoms with van der Waals surface area (Å²) in [7, 11) is -1.88. The van der Waals surface area contributed by atoms with Gasteiger partial charge in [-0.1, -0.05) is 6.07 Å². The summed E-state index contributed by atoms with van der Waals surface area (Å²) in [5.41, 5.74) is 6.42. The van der Waals surface area contributed by atoms with E-state index in [1.807, 2.05) is 6.92 Å². The van der Waals surface area contributed by atoms with Crippen molar-refractivity contribution in [3.63, 3.8) is 0 Å². The molecule has 2 aromatic carbocycles. The average molecular weight is 399 g/mol. The molecular formula is C19H23F2NO4S. The standard InChI is InChI=1S/C19H23F2NO4S/c1-4-26-19-8-12(5-6-18(19)25-2)13(11-27(3,23)24)7-15-16(21)9-14(20)10-17(15)22/h5-6,8-10,13H,4,7,11,22H2,1-3H3/t13-/m1/s1. The van der Waals surface area contributed by atoms with Gasteiger partial charge in [-0.05, 0) is 37.1 Å². The molecule has 0 aromatic heterocycles. The fourth-order valence-electron chi connectivity index (χ4n) is 2.94. The smallest absolute Gasteiger partial charge is 0.161 e. The normalized spacial score (nSPS) is 12.6. The van der Waals surface area contributed by atoms with Crippen molar-refractivity contribution in [3.05, 3.63) is 53.1 Å². The molecule has 0 aliphatic carbocycles. The highest BCUT2D eigenvalue weighted by molar-refractivity contribution is 7.90. The molecule has 5 nitrogen and oxygen atoms in total. The minimum absolute atomic E-state index is 0.00289. The molecule has 0 unspecified atom stereocenters. The van der Waals surface area contributed by atoms with Gasteiger partial charge in [0.15, 0.2) is 11.5 Å². The van der Waals surface area contributed by atoms with Gasteiger partial charge in [0.2, 0.25) is 0 Å². The van der Waals surface area contributed by atoms with Gasteiger partial charge in [0.25, 0.3) is 0 Å². The molecule has 0 saturated heterocycles. The highest BCUT2D eigenvalue weighted by Gasteiger charge is 2.23. The maximum absolute atomic E-state index is 14.2. The molecule has 2 aromatic rings. The Kier molecular flexibility index (Phi) is 6.64. The number of benzene rings is 2. The molecule has 0 bridgehead atoms. The number of nitrogen functional groups attached to an aromatic ring is 1. The van der Waals surface area contributed by atoms with Crippen LogP contribution in [0.1, 0.15) is 24.0 Å². The SMILES string of the molecule is CCOc1cc([C@H](Cc2c(N)cc(F)cc2F)CS(C)(=O)=O)ccc1OC. The van der Waals surface area contributed by atoms with Crippen molar-refractivity contribution >= 4 is 15.5 Å².